The summed E-state index contributed by atoms with van der Waals surface area (Å²) in [7, 11) is 0. The quantitative estimate of drug-likeness (QED) is 0.0271. The van der Waals surface area contributed by atoms with Gasteiger partial charge < -0.3 is 41.2 Å². The molecule has 3 aromatic carbocycles. The number of aliphatic imine (C=N–C) groups is 3. The van der Waals surface area contributed by atoms with Gasteiger partial charge in [0.15, 0.2) is 0 Å². The smallest absolute Gasteiger partial charge is 0.300 e. The van der Waals surface area contributed by atoms with Gasteiger partial charge in [-0.3, -0.25) is 46.1 Å². The van der Waals surface area contributed by atoms with E-state index in [-0.39, 0.29) is 81.3 Å². The summed E-state index contributed by atoms with van der Waals surface area (Å²) >= 11 is 11.7. The van der Waals surface area contributed by atoms with Crippen molar-refractivity contribution in [1.29, 1.82) is 16.2 Å². The third-order valence-corrected chi connectivity index (χ3v) is 5.42. The van der Waals surface area contributed by atoms with Gasteiger partial charge in [0.1, 0.15) is 17.5 Å². The Morgan fingerprint density at radius 3 is 1.59 bits per heavy atom. The molecular formula is C30H39Cl2N12O4Pd-. The first-order chi connectivity index (χ1) is 22.1. The van der Waals surface area contributed by atoms with Crippen LogP contribution < -0.4 is 28.7 Å². The molecule has 0 radical (unpaired) electrons. The summed E-state index contributed by atoms with van der Waals surface area (Å²) in [4.78, 5) is 30.8. The number of amidine groups is 3. The molecule has 0 aliphatic carbocycles. The molecule has 16 nitrogen and oxygen atoms in total. The van der Waals surface area contributed by atoms with Crippen molar-refractivity contribution in [1.82, 2.24) is 0 Å². The maximum atomic E-state index is 10.7. The monoisotopic (exact) mass is 807 g/mol. The molecule has 268 valence electrons. The zero-order valence-corrected chi connectivity index (χ0v) is 29.6. The van der Waals surface area contributed by atoms with E-state index in [1.165, 1.54) is 30.6 Å². The number of para-hydroxylation sites is 1. The van der Waals surface area contributed by atoms with Gasteiger partial charge in [0.05, 0.1) is 40.2 Å². The average Bonchev–Trinajstić information content (AvgIpc) is 2.96. The largest absolute Gasteiger partial charge is 0.481 e. The van der Waals surface area contributed by atoms with Crippen molar-refractivity contribution in [3.63, 3.8) is 0 Å². The SMILES string of the molecule is CC(=O)O.N=C(N)CN=Cc1c(Cl)cccc1[N+](=O)[O-].N=C(N)CN=Cc1c(N)cccc1Cl.N=C(N)CN=Cc1ccccc1N.[CH3-].[Pd]. The number of nitro groups is 1. The summed E-state index contributed by atoms with van der Waals surface area (Å²) in [5, 5.41) is 39.7. The van der Waals surface area contributed by atoms with Crippen LogP contribution in [0.25, 0.3) is 0 Å². The predicted octanol–water partition coefficient (Wildman–Crippen LogP) is 4.04. The number of nitrogens with zero attached hydrogens (tertiary/aromatic N) is 4. The van der Waals surface area contributed by atoms with Crippen LogP contribution in [0.2, 0.25) is 10.0 Å². The Balaban J connectivity index is -0.000000604. The first-order valence-electron chi connectivity index (χ1n) is 13.1. The number of carboxylic acid groups (broad SMARTS) is 1. The van der Waals surface area contributed by atoms with E-state index in [1.54, 1.807) is 30.5 Å². The molecule has 0 aliphatic rings. The molecule has 0 saturated carbocycles. The minimum absolute atomic E-state index is 0. The van der Waals surface area contributed by atoms with Crippen molar-refractivity contribution >= 4 is 82.4 Å². The number of carbonyl (C=O) groups is 1. The molecule has 0 heterocycles. The number of nitrogens with two attached hydrogens (primary N) is 5. The van der Waals surface area contributed by atoms with E-state index in [1.807, 2.05) is 18.2 Å². The molecule has 49 heavy (non-hydrogen) atoms. The maximum absolute atomic E-state index is 10.7. The number of nitro benzene ring substituents is 1. The minimum Gasteiger partial charge on any atom is -0.481 e. The number of benzene rings is 3. The molecule has 0 bridgehead atoms. The van der Waals surface area contributed by atoms with E-state index < -0.39 is 10.9 Å². The molecule has 0 aliphatic heterocycles. The van der Waals surface area contributed by atoms with Gasteiger partial charge in [0.25, 0.3) is 11.7 Å². The Bertz CT molecular complexity index is 1610. The van der Waals surface area contributed by atoms with Gasteiger partial charge in [-0.1, -0.05) is 53.5 Å². The fourth-order valence-electron chi connectivity index (χ4n) is 2.84. The van der Waals surface area contributed by atoms with Crippen LogP contribution in [0.1, 0.15) is 23.6 Å². The van der Waals surface area contributed by atoms with Crippen molar-refractivity contribution in [2.24, 2.45) is 32.2 Å². The standard InChI is InChI=1S/C9H9ClN4O2.C9H11ClN4.C9H12N4.C2H4O2.CH3.Pd/c10-7-2-1-3-8(14(15)16)6(7)4-13-5-9(11)12;10-7-2-1-3-8(11)6(7)4-14-5-9(12)13;10-8-4-2-1-3-7(8)5-13-6-9(11)12;1-2(3)4;;/h1-4H,5H2,(H3,11,12);1-4H,5,11H2,(H3,12,13);1-5H,6,10H2,(H3,11,12);1H3,(H,3,4);1H3;/q;;;;-1;. The Hall–Kier alpha value is -5.21. The van der Waals surface area contributed by atoms with Crippen molar-refractivity contribution < 1.29 is 35.2 Å². The first kappa shape index (κ1) is 48.2. The molecule has 0 spiro atoms. The molecular weight excluding hydrogens is 770 g/mol. The van der Waals surface area contributed by atoms with E-state index in [4.69, 9.17) is 78.0 Å². The molecule has 19 heteroatoms. The van der Waals surface area contributed by atoms with Gasteiger partial charge >= 0.3 is 0 Å². The molecule has 0 amide bonds. The Labute approximate surface area is 307 Å². The molecule has 3 aromatic rings. The summed E-state index contributed by atoms with van der Waals surface area (Å²) in [6, 6.07) is 17.0. The first-order valence-corrected chi connectivity index (χ1v) is 13.8. The Morgan fingerprint density at radius 2 is 1.16 bits per heavy atom. The van der Waals surface area contributed by atoms with Crippen molar-refractivity contribution in [2.75, 3.05) is 31.1 Å². The van der Waals surface area contributed by atoms with Crippen LogP contribution in [0.15, 0.2) is 75.6 Å². The molecule has 0 aromatic heterocycles. The predicted molar refractivity (Wildman–Crippen MR) is 198 cm³/mol. The third kappa shape index (κ3) is 22.9. The number of rotatable bonds is 10. The fraction of sp³-hybridized carbons (Fsp3) is 0.133. The number of aliphatic carboxylic acids is 1. The average molecular weight is 809 g/mol. The summed E-state index contributed by atoms with van der Waals surface area (Å²) in [5.74, 6) is -0.899. The van der Waals surface area contributed by atoms with Crippen LogP contribution in [-0.2, 0) is 25.2 Å². The number of halogens is 2. The molecule has 0 atom stereocenters. The number of nitrogens with one attached hydrogen (secondary N) is 3. The van der Waals surface area contributed by atoms with Gasteiger partial charge in [0.2, 0.25) is 0 Å². The molecule has 0 saturated heterocycles. The zero-order chi connectivity index (χ0) is 35.9. The van der Waals surface area contributed by atoms with E-state index in [0.29, 0.717) is 22.0 Å². The summed E-state index contributed by atoms with van der Waals surface area (Å²) in [6.45, 7) is 1.45. The topological polar surface area (TPSA) is 319 Å². The Kier molecular flexibility index (Phi) is 26.4. The molecule has 0 fully saturated rings. The van der Waals surface area contributed by atoms with Gasteiger partial charge in [-0.05, 0) is 24.3 Å². The second-order valence-corrected chi connectivity index (χ2v) is 9.62. The second kappa shape index (κ2) is 26.8. The minimum atomic E-state index is -0.833. The normalized spacial score (nSPS) is 9.78. The van der Waals surface area contributed by atoms with Crippen LogP contribution in [0.4, 0.5) is 17.1 Å². The van der Waals surface area contributed by atoms with E-state index in [2.05, 4.69) is 15.0 Å². The molecule has 3 rings (SSSR count). The fourth-order valence-corrected chi connectivity index (χ4v) is 3.29. The van der Waals surface area contributed by atoms with Crippen molar-refractivity contribution in [3.05, 3.63) is 105 Å². The van der Waals surface area contributed by atoms with Crippen LogP contribution in [0.5, 0.6) is 0 Å². The number of anilines is 2. The van der Waals surface area contributed by atoms with Gasteiger partial charge in [-0.2, -0.15) is 0 Å². The van der Waals surface area contributed by atoms with Crippen LogP contribution >= 0.6 is 23.2 Å². The number of hydrogen-bond acceptors (Lipinski definition) is 11. The number of carboxylic acids is 1. The van der Waals surface area contributed by atoms with E-state index in [9.17, 15) is 10.1 Å². The molecule has 14 N–H and O–H groups in total. The van der Waals surface area contributed by atoms with E-state index >= 15 is 0 Å². The summed E-state index contributed by atoms with van der Waals surface area (Å²) in [6.07, 6.45) is 4.40. The second-order valence-electron chi connectivity index (χ2n) is 8.81. The number of hydrogen-bond donors (Lipinski definition) is 9. The summed E-state index contributed by atoms with van der Waals surface area (Å²) in [5.41, 5.74) is 29.5. The van der Waals surface area contributed by atoms with Gasteiger partial charge in [-0.25, -0.2) is 0 Å². The van der Waals surface area contributed by atoms with Crippen LogP contribution in [0.3, 0.4) is 0 Å². The van der Waals surface area contributed by atoms with Crippen molar-refractivity contribution in [3.8, 4) is 0 Å². The van der Waals surface area contributed by atoms with Crippen LogP contribution in [0, 0.1) is 33.8 Å². The maximum Gasteiger partial charge on any atom is 0.300 e. The van der Waals surface area contributed by atoms with Crippen molar-refractivity contribution in [2.45, 2.75) is 6.92 Å². The zero-order valence-electron chi connectivity index (χ0n) is 26.5. The van der Waals surface area contributed by atoms with E-state index in [0.717, 1.165) is 12.5 Å². The summed E-state index contributed by atoms with van der Waals surface area (Å²) < 4.78 is 0. The molecule has 0 unspecified atom stereocenters. The van der Waals surface area contributed by atoms with Crippen LogP contribution in [-0.4, -0.2) is 71.8 Å². The number of nitrogen functional groups attached to an aromatic ring is 2. The third-order valence-electron chi connectivity index (χ3n) is 4.77. The van der Waals surface area contributed by atoms with Gasteiger partial charge in [-0.15, -0.1) is 0 Å². The Morgan fingerprint density at radius 1 is 0.776 bits per heavy atom. The van der Waals surface area contributed by atoms with Gasteiger partial charge in [0, 0.05) is 74.6 Å².